The van der Waals surface area contributed by atoms with Gasteiger partial charge in [0, 0.05) is 17.3 Å². The zero-order chi connectivity index (χ0) is 25.2. The lowest BCUT2D eigenvalue weighted by Crippen LogP contribution is -2.41. The van der Waals surface area contributed by atoms with E-state index in [1.54, 1.807) is 6.92 Å². The molecule has 1 aliphatic carbocycles. The van der Waals surface area contributed by atoms with Crippen LogP contribution in [0.3, 0.4) is 0 Å². The summed E-state index contributed by atoms with van der Waals surface area (Å²) in [4.78, 5) is 20.9. The van der Waals surface area contributed by atoms with E-state index in [4.69, 9.17) is 0 Å². The van der Waals surface area contributed by atoms with E-state index in [9.17, 15) is 23.1 Å². The normalized spacial score (nSPS) is 16.5. The minimum absolute atomic E-state index is 0.0891. The molecule has 2 N–H and O–H groups in total. The first-order chi connectivity index (χ1) is 15.7. The number of pyridine rings is 1. The van der Waals surface area contributed by atoms with Crippen molar-refractivity contribution in [2.75, 3.05) is 5.32 Å². The lowest BCUT2D eigenvalue weighted by Gasteiger charge is -2.30. The first-order valence-corrected chi connectivity index (χ1v) is 10.9. The molecule has 1 saturated carbocycles. The average Bonchev–Trinajstić information content (AvgIpc) is 3.48. The number of halogens is 4. The highest BCUT2D eigenvalue weighted by atomic mass is 19.3. The second-order valence-corrected chi connectivity index (χ2v) is 9.71. The van der Waals surface area contributed by atoms with Gasteiger partial charge in [-0.2, -0.15) is 13.2 Å². The van der Waals surface area contributed by atoms with Crippen LogP contribution < -0.4 is 10.9 Å². The Kier molecular flexibility index (Phi) is 5.51. The van der Waals surface area contributed by atoms with Crippen molar-refractivity contribution in [1.82, 2.24) is 14.5 Å². The molecule has 34 heavy (non-hydrogen) atoms. The number of nitrogens with one attached hydrogen (secondary N) is 1. The van der Waals surface area contributed by atoms with Crippen LogP contribution in [-0.2, 0) is 11.5 Å². The van der Waals surface area contributed by atoms with E-state index >= 15 is 4.39 Å². The zero-order valence-electron chi connectivity index (χ0n) is 19.5. The molecule has 6 nitrogen and oxygen atoms in total. The van der Waals surface area contributed by atoms with Gasteiger partial charge in [-0.3, -0.25) is 4.79 Å². The maximum Gasteiger partial charge on any atom is 0.303 e. The molecule has 2 aromatic heterocycles. The third kappa shape index (κ3) is 3.83. The SMILES string of the molecule is Cc1nc(NC(C)c2cccc(C(F)(F)C(C)(C)O)c2F)c2cn(C3(C)CC3)c(=O)c(F)c2n1. The smallest absolute Gasteiger partial charge is 0.303 e. The summed E-state index contributed by atoms with van der Waals surface area (Å²) in [6, 6.07) is 2.68. The van der Waals surface area contributed by atoms with E-state index in [2.05, 4.69) is 15.3 Å². The Hall–Kier alpha value is -3.01. The molecule has 0 saturated heterocycles. The topological polar surface area (TPSA) is 80.0 Å². The third-order valence-electron chi connectivity index (χ3n) is 6.44. The molecule has 4 rings (SSSR count). The zero-order valence-corrected chi connectivity index (χ0v) is 19.5. The van der Waals surface area contributed by atoms with Crippen molar-refractivity contribution in [3.63, 3.8) is 0 Å². The fourth-order valence-electron chi connectivity index (χ4n) is 3.94. The van der Waals surface area contributed by atoms with Crippen molar-refractivity contribution in [2.24, 2.45) is 0 Å². The molecule has 3 aromatic rings. The van der Waals surface area contributed by atoms with Crippen molar-refractivity contribution >= 4 is 16.7 Å². The predicted octanol–water partition coefficient (Wildman–Crippen LogP) is 4.92. The maximum atomic E-state index is 15.2. The number of rotatable bonds is 6. The monoisotopic (exact) mass is 478 g/mol. The molecular formula is C24H26F4N4O2. The van der Waals surface area contributed by atoms with Gasteiger partial charge >= 0.3 is 5.92 Å². The van der Waals surface area contributed by atoms with E-state index in [1.165, 1.54) is 29.8 Å². The van der Waals surface area contributed by atoms with Crippen LogP contribution in [0.5, 0.6) is 0 Å². The molecule has 1 unspecified atom stereocenters. The highest BCUT2D eigenvalue weighted by molar-refractivity contribution is 5.89. The van der Waals surface area contributed by atoms with E-state index in [0.717, 1.165) is 32.8 Å². The summed E-state index contributed by atoms with van der Waals surface area (Å²) in [7, 11) is 0. The van der Waals surface area contributed by atoms with Crippen LogP contribution in [0.15, 0.2) is 29.2 Å². The van der Waals surface area contributed by atoms with E-state index in [-0.39, 0.29) is 28.1 Å². The number of hydrogen-bond acceptors (Lipinski definition) is 5. The summed E-state index contributed by atoms with van der Waals surface area (Å²) in [6.45, 7) is 6.72. The van der Waals surface area contributed by atoms with Gasteiger partial charge in [0.2, 0.25) is 5.82 Å². The first kappa shape index (κ1) is 24.1. The number of aryl methyl sites for hydroxylation is 1. The number of benzene rings is 1. The molecule has 10 heteroatoms. The number of nitrogens with zero attached hydrogens (tertiary/aromatic N) is 3. The fourth-order valence-corrected chi connectivity index (χ4v) is 3.94. The first-order valence-electron chi connectivity index (χ1n) is 10.9. The predicted molar refractivity (Wildman–Crippen MR) is 120 cm³/mol. The minimum atomic E-state index is -3.84. The third-order valence-corrected chi connectivity index (χ3v) is 6.44. The molecule has 182 valence electrons. The summed E-state index contributed by atoms with van der Waals surface area (Å²) in [5.41, 5.74) is -4.95. The number of aliphatic hydroxyl groups is 1. The molecule has 0 aliphatic heterocycles. The Morgan fingerprint density at radius 1 is 1.18 bits per heavy atom. The Morgan fingerprint density at radius 2 is 1.82 bits per heavy atom. The van der Waals surface area contributed by atoms with E-state index < -0.39 is 45.9 Å². The summed E-state index contributed by atoms with van der Waals surface area (Å²) in [5, 5.41) is 13.1. The van der Waals surface area contributed by atoms with Crippen LogP contribution in [0, 0.1) is 18.6 Å². The Morgan fingerprint density at radius 3 is 2.41 bits per heavy atom. The van der Waals surface area contributed by atoms with Gasteiger partial charge in [-0.25, -0.2) is 14.4 Å². The Balaban J connectivity index is 1.80. The standard InChI is InChI=1S/C24H26F4N4O2/c1-12(14-7-6-8-16(17(14)25)24(27,28)22(3,4)34)29-20-15-11-32(23(5)9-10-23)21(33)18(26)19(15)30-13(2)31-20/h6-8,11-12,34H,9-10H2,1-5H3,(H,29,30,31). The Labute approximate surface area is 193 Å². The van der Waals surface area contributed by atoms with Gasteiger partial charge < -0.3 is 15.0 Å². The molecule has 1 aromatic carbocycles. The van der Waals surface area contributed by atoms with Gasteiger partial charge in [0.1, 0.15) is 28.6 Å². The summed E-state index contributed by atoms with van der Waals surface area (Å²) in [5.74, 6) is -5.70. The van der Waals surface area contributed by atoms with Crippen molar-refractivity contribution in [3.05, 3.63) is 63.3 Å². The maximum absolute atomic E-state index is 15.2. The number of alkyl halides is 2. The molecule has 0 radical (unpaired) electrons. The highest BCUT2D eigenvalue weighted by Gasteiger charge is 2.49. The Bertz CT molecular complexity index is 1340. The second-order valence-electron chi connectivity index (χ2n) is 9.71. The molecular weight excluding hydrogens is 452 g/mol. The van der Waals surface area contributed by atoms with Crippen molar-refractivity contribution in [3.8, 4) is 0 Å². The van der Waals surface area contributed by atoms with Gasteiger partial charge in [-0.1, -0.05) is 12.1 Å². The minimum Gasteiger partial charge on any atom is -0.384 e. The highest BCUT2D eigenvalue weighted by Crippen LogP contribution is 2.43. The van der Waals surface area contributed by atoms with Gasteiger partial charge in [0.05, 0.1) is 17.0 Å². The van der Waals surface area contributed by atoms with E-state index in [0.29, 0.717) is 0 Å². The summed E-state index contributed by atoms with van der Waals surface area (Å²) < 4.78 is 60.9. The largest absolute Gasteiger partial charge is 0.384 e. The fraction of sp³-hybridized carbons (Fsp3) is 0.458. The van der Waals surface area contributed by atoms with Gasteiger partial charge in [0.15, 0.2) is 0 Å². The number of fused-ring (bicyclic) bond motifs is 1. The second kappa shape index (κ2) is 7.76. The van der Waals surface area contributed by atoms with E-state index in [1.807, 2.05) is 6.92 Å². The van der Waals surface area contributed by atoms with Crippen molar-refractivity contribution < 1.29 is 22.7 Å². The summed E-state index contributed by atoms with van der Waals surface area (Å²) >= 11 is 0. The number of anilines is 1. The number of hydrogen-bond donors (Lipinski definition) is 2. The van der Waals surface area contributed by atoms with Crippen LogP contribution in [0.4, 0.5) is 23.4 Å². The van der Waals surface area contributed by atoms with Crippen LogP contribution in [0.1, 0.15) is 63.5 Å². The molecule has 2 heterocycles. The lowest BCUT2D eigenvalue weighted by atomic mass is 9.91. The molecule has 1 fully saturated rings. The average molecular weight is 478 g/mol. The van der Waals surface area contributed by atoms with Crippen LogP contribution in [0.2, 0.25) is 0 Å². The van der Waals surface area contributed by atoms with Crippen molar-refractivity contribution in [1.29, 1.82) is 0 Å². The summed E-state index contributed by atoms with van der Waals surface area (Å²) in [6.07, 6.45) is 2.92. The van der Waals surface area contributed by atoms with Crippen LogP contribution in [-0.4, -0.2) is 25.2 Å². The molecule has 1 atom stereocenters. The van der Waals surface area contributed by atoms with Crippen LogP contribution in [0.25, 0.3) is 10.9 Å². The van der Waals surface area contributed by atoms with Gasteiger partial charge in [0.25, 0.3) is 5.56 Å². The molecule has 1 aliphatic rings. The molecule has 0 bridgehead atoms. The van der Waals surface area contributed by atoms with Crippen LogP contribution >= 0.6 is 0 Å². The molecule has 0 spiro atoms. The lowest BCUT2D eigenvalue weighted by molar-refractivity contribution is -0.170. The number of aromatic nitrogens is 3. The quantitative estimate of drug-likeness (QED) is 0.492. The van der Waals surface area contributed by atoms with Crippen molar-refractivity contribution in [2.45, 2.75) is 70.6 Å². The van der Waals surface area contributed by atoms with Gasteiger partial charge in [-0.15, -0.1) is 0 Å². The molecule has 0 amide bonds. The van der Waals surface area contributed by atoms with Gasteiger partial charge in [-0.05, 0) is 53.5 Å².